The lowest BCUT2D eigenvalue weighted by atomic mass is 9.34. The first-order chi connectivity index (χ1) is 22.7. The Balaban J connectivity index is 1.16. The number of hydrogen-bond acceptors (Lipinski definition) is 2. The van der Waals surface area contributed by atoms with Gasteiger partial charge in [-0.2, -0.15) is 0 Å². The van der Waals surface area contributed by atoms with Crippen molar-refractivity contribution in [2.45, 2.75) is 48.5 Å². The maximum atomic E-state index is 6.75. The van der Waals surface area contributed by atoms with Crippen LogP contribution < -0.4 is 25.9 Å². The van der Waals surface area contributed by atoms with Crippen LogP contribution in [-0.2, 0) is 0 Å². The van der Waals surface area contributed by atoms with Crippen LogP contribution in [-0.4, -0.2) is 11.3 Å². The van der Waals surface area contributed by atoms with Gasteiger partial charge in [-0.15, -0.1) is 0 Å². The van der Waals surface area contributed by atoms with Gasteiger partial charge in [0.25, 0.3) is 6.71 Å². The molecule has 0 N–H and O–H groups in total. The van der Waals surface area contributed by atoms with E-state index in [0.29, 0.717) is 0 Å². The van der Waals surface area contributed by atoms with Crippen LogP contribution in [0.25, 0.3) is 38.6 Å². The topological polar surface area (TPSA) is 23.4 Å². The van der Waals surface area contributed by atoms with Gasteiger partial charge in [0.05, 0.1) is 11.0 Å². The number of fused-ring (bicyclic) bond motifs is 7. The molecule has 0 fully saturated rings. The predicted molar refractivity (Wildman–Crippen MR) is 197 cm³/mol. The zero-order valence-electron chi connectivity index (χ0n) is 28.0. The van der Waals surface area contributed by atoms with Gasteiger partial charge in [0.15, 0.2) is 0 Å². The molecule has 47 heavy (non-hydrogen) atoms. The van der Waals surface area contributed by atoms with Crippen molar-refractivity contribution < 1.29 is 9.47 Å². The predicted octanol–water partition coefficient (Wildman–Crippen LogP) is 9.34. The summed E-state index contributed by atoms with van der Waals surface area (Å²) in [4.78, 5) is 0. The highest BCUT2D eigenvalue weighted by Crippen LogP contribution is 2.40. The van der Waals surface area contributed by atoms with Crippen LogP contribution in [0.4, 0.5) is 0 Å². The maximum Gasteiger partial charge on any atom is 0.260 e. The van der Waals surface area contributed by atoms with E-state index >= 15 is 0 Å². The number of benzene rings is 6. The molecule has 2 aliphatic rings. The van der Waals surface area contributed by atoms with Crippen LogP contribution in [0.15, 0.2) is 91.0 Å². The third kappa shape index (κ3) is 4.07. The van der Waals surface area contributed by atoms with E-state index in [1.54, 1.807) is 0 Å². The first-order valence-corrected chi connectivity index (χ1v) is 16.5. The molecule has 0 unspecified atom stereocenters. The summed E-state index contributed by atoms with van der Waals surface area (Å²) in [5.41, 5.74) is 18.2. The quantitative estimate of drug-likeness (QED) is 0.182. The molecule has 0 saturated heterocycles. The first kappa shape index (κ1) is 28.0. The number of nitrogens with zero attached hydrogens (tertiary/aromatic N) is 1. The van der Waals surface area contributed by atoms with E-state index in [1.807, 2.05) is 0 Å². The molecule has 0 radical (unpaired) electrons. The Kier molecular flexibility index (Phi) is 5.90. The van der Waals surface area contributed by atoms with Crippen LogP contribution in [0.2, 0.25) is 0 Å². The van der Waals surface area contributed by atoms with Gasteiger partial charge >= 0.3 is 0 Å². The van der Waals surface area contributed by atoms with Crippen molar-refractivity contribution in [1.29, 1.82) is 0 Å². The fraction of sp³-hybridized carbons (Fsp3) is 0.163. The molecular formula is C43H36BNO2. The molecule has 0 aliphatic carbocycles. The van der Waals surface area contributed by atoms with Gasteiger partial charge in [-0.05, 0) is 164 Å². The second kappa shape index (κ2) is 9.89. The van der Waals surface area contributed by atoms with Gasteiger partial charge in [-0.3, -0.25) is 0 Å². The maximum absolute atomic E-state index is 6.75. The third-order valence-corrected chi connectivity index (χ3v) is 10.6. The minimum atomic E-state index is 0.0672. The average Bonchev–Trinajstić information content (AvgIpc) is 3.34. The summed E-state index contributed by atoms with van der Waals surface area (Å²) in [5, 5.41) is 2.61. The number of hydrogen-bond donors (Lipinski definition) is 0. The lowest BCUT2D eigenvalue weighted by molar-refractivity contribution is 0.459. The highest BCUT2D eigenvalue weighted by Gasteiger charge is 2.41. The van der Waals surface area contributed by atoms with E-state index in [-0.39, 0.29) is 6.71 Å². The number of ether oxygens (including phenoxy) is 2. The Morgan fingerprint density at radius 1 is 0.468 bits per heavy atom. The van der Waals surface area contributed by atoms with Crippen molar-refractivity contribution in [3.63, 3.8) is 0 Å². The molecule has 3 nitrogen and oxygen atoms in total. The first-order valence-electron chi connectivity index (χ1n) is 16.5. The molecule has 2 aliphatic heterocycles. The molecule has 0 amide bonds. The summed E-state index contributed by atoms with van der Waals surface area (Å²) in [6.45, 7) is 15.3. The monoisotopic (exact) mass is 609 g/mol. The van der Waals surface area contributed by atoms with Crippen LogP contribution in [0.3, 0.4) is 0 Å². The van der Waals surface area contributed by atoms with E-state index in [0.717, 1.165) is 56.4 Å². The highest BCUT2D eigenvalue weighted by molar-refractivity contribution is 6.98. The van der Waals surface area contributed by atoms with Gasteiger partial charge in [-0.1, -0.05) is 36.4 Å². The van der Waals surface area contributed by atoms with Crippen molar-refractivity contribution >= 4 is 44.9 Å². The van der Waals surface area contributed by atoms with Crippen LogP contribution in [0.1, 0.15) is 38.9 Å². The summed E-state index contributed by atoms with van der Waals surface area (Å²) in [7, 11) is 0. The van der Waals surface area contributed by atoms with Crippen molar-refractivity contribution in [2.24, 2.45) is 0 Å². The third-order valence-electron chi connectivity index (χ3n) is 10.6. The van der Waals surface area contributed by atoms with Crippen LogP contribution >= 0.6 is 0 Å². The lowest BCUT2D eigenvalue weighted by Gasteiger charge is -2.35. The SMILES string of the molecule is Cc1ccc2c(c1)Oc1c(C)cc(C)c3c1B2c1ccc(-c2ccc(-n4c5cc(C)c(C)cc5c5cc(C)c(C)cc54)cc2)cc1O3. The summed E-state index contributed by atoms with van der Waals surface area (Å²) >= 11 is 0. The smallest absolute Gasteiger partial charge is 0.260 e. The summed E-state index contributed by atoms with van der Waals surface area (Å²) < 4.78 is 15.7. The molecule has 3 heterocycles. The number of aryl methyl sites for hydroxylation is 7. The Labute approximate surface area is 276 Å². The van der Waals surface area contributed by atoms with Crippen molar-refractivity contribution in [1.82, 2.24) is 4.57 Å². The van der Waals surface area contributed by atoms with Crippen LogP contribution in [0.5, 0.6) is 23.0 Å². The number of aromatic nitrogens is 1. The Morgan fingerprint density at radius 3 is 1.57 bits per heavy atom. The summed E-state index contributed by atoms with van der Waals surface area (Å²) in [5.74, 6) is 3.70. The van der Waals surface area contributed by atoms with Gasteiger partial charge in [0.1, 0.15) is 23.0 Å². The molecule has 4 heteroatoms. The molecule has 9 rings (SSSR count). The molecule has 0 bridgehead atoms. The largest absolute Gasteiger partial charge is 0.458 e. The molecule has 228 valence electrons. The van der Waals surface area contributed by atoms with Crippen molar-refractivity contribution in [2.75, 3.05) is 0 Å². The Bertz CT molecular complexity index is 2420. The fourth-order valence-corrected chi connectivity index (χ4v) is 7.84. The normalized spacial score (nSPS) is 12.9. The molecule has 0 spiro atoms. The van der Waals surface area contributed by atoms with Crippen molar-refractivity contribution in [3.05, 3.63) is 130 Å². The molecule has 6 aromatic carbocycles. The van der Waals surface area contributed by atoms with Gasteiger partial charge in [0, 0.05) is 21.9 Å². The number of rotatable bonds is 2. The van der Waals surface area contributed by atoms with Gasteiger partial charge in [-0.25, -0.2) is 0 Å². The summed E-state index contributed by atoms with van der Waals surface area (Å²) in [6.07, 6.45) is 0. The second-order valence-corrected chi connectivity index (χ2v) is 13.8. The second-order valence-electron chi connectivity index (χ2n) is 13.8. The zero-order valence-corrected chi connectivity index (χ0v) is 28.0. The van der Waals surface area contributed by atoms with Crippen molar-refractivity contribution in [3.8, 4) is 39.8 Å². The zero-order chi connectivity index (χ0) is 32.3. The van der Waals surface area contributed by atoms with E-state index in [4.69, 9.17) is 9.47 Å². The minimum absolute atomic E-state index is 0.0672. The van der Waals surface area contributed by atoms with E-state index in [1.165, 1.54) is 60.5 Å². The lowest BCUT2D eigenvalue weighted by Crippen LogP contribution is -2.57. The Morgan fingerprint density at radius 2 is 0.979 bits per heavy atom. The molecule has 1 aromatic heterocycles. The molecule has 0 atom stereocenters. The van der Waals surface area contributed by atoms with E-state index in [2.05, 4.69) is 144 Å². The average molecular weight is 610 g/mol. The highest BCUT2D eigenvalue weighted by atomic mass is 16.5. The standard InChI is InChI=1S/C43H36BNO2/c1-23-8-14-35-39(16-23)46-42-28(6)17-29(7)43-41(42)44(35)36-15-11-31(22-40(36)47-43)30-9-12-32(13-10-30)45-37-20-26(4)24(2)18-33(37)34-19-25(3)27(5)21-38(34)45/h8-22H,1-7H3. The van der Waals surface area contributed by atoms with Gasteiger partial charge < -0.3 is 14.0 Å². The fourth-order valence-electron chi connectivity index (χ4n) is 7.84. The van der Waals surface area contributed by atoms with E-state index < -0.39 is 0 Å². The van der Waals surface area contributed by atoms with Crippen LogP contribution in [0, 0.1) is 48.5 Å². The van der Waals surface area contributed by atoms with E-state index in [9.17, 15) is 0 Å². The molecule has 0 saturated carbocycles. The summed E-state index contributed by atoms with van der Waals surface area (Å²) in [6, 6.07) is 33.8. The Hall–Kier alpha value is -5.22. The molecular weight excluding hydrogens is 573 g/mol. The molecule has 7 aromatic rings. The van der Waals surface area contributed by atoms with Gasteiger partial charge in [0.2, 0.25) is 0 Å². The minimum Gasteiger partial charge on any atom is -0.458 e.